The topological polar surface area (TPSA) is 39.7 Å². The van der Waals surface area contributed by atoms with Crippen molar-refractivity contribution in [3.05, 3.63) is 28.8 Å². The van der Waals surface area contributed by atoms with Crippen molar-refractivity contribution < 1.29 is 14.2 Å². The van der Waals surface area contributed by atoms with Crippen molar-refractivity contribution in [2.75, 3.05) is 26.9 Å². The van der Waals surface area contributed by atoms with Crippen LogP contribution in [0.15, 0.2) is 12.1 Å². The zero-order valence-corrected chi connectivity index (χ0v) is 14.7. The highest BCUT2D eigenvalue weighted by Crippen LogP contribution is 2.35. The number of hydrogen-bond acceptors (Lipinski definition) is 4. The lowest BCUT2D eigenvalue weighted by Gasteiger charge is -2.43. The first-order valence-electron chi connectivity index (χ1n) is 9.42. The molecule has 0 amide bonds. The second-order valence-electron chi connectivity index (χ2n) is 7.50. The van der Waals surface area contributed by atoms with Gasteiger partial charge in [-0.2, -0.15) is 0 Å². The number of nitrogens with one attached hydrogen (secondary N) is 1. The van der Waals surface area contributed by atoms with Crippen LogP contribution in [0.4, 0.5) is 0 Å². The SMILES string of the molecule is COc1cc2c(cc1CN[C@H]1CCOC3(CCOCC3)C1)CCC2. The van der Waals surface area contributed by atoms with Gasteiger partial charge in [-0.1, -0.05) is 6.07 Å². The van der Waals surface area contributed by atoms with Crippen LogP contribution in [0.1, 0.15) is 48.8 Å². The molecule has 2 saturated heterocycles. The predicted molar refractivity (Wildman–Crippen MR) is 93.6 cm³/mol. The Hall–Kier alpha value is -1.10. The van der Waals surface area contributed by atoms with Gasteiger partial charge in [0, 0.05) is 38.0 Å². The van der Waals surface area contributed by atoms with E-state index in [0.717, 1.165) is 57.8 Å². The van der Waals surface area contributed by atoms with E-state index in [9.17, 15) is 0 Å². The standard InChI is InChI=1S/C20H29NO3/c1-22-19-12-16-4-2-3-15(16)11-17(19)14-21-18-5-8-24-20(13-18)6-9-23-10-7-20/h11-12,18,21H,2-10,13-14H2,1H3/t18-/m0/s1. The Kier molecular flexibility index (Phi) is 4.79. The van der Waals surface area contributed by atoms with E-state index >= 15 is 0 Å². The van der Waals surface area contributed by atoms with Gasteiger partial charge in [-0.15, -0.1) is 0 Å². The molecule has 4 heteroatoms. The third-order valence-electron chi connectivity index (χ3n) is 5.97. The Morgan fingerprint density at radius 1 is 1.17 bits per heavy atom. The molecular weight excluding hydrogens is 302 g/mol. The summed E-state index contributed by atoms with van der Waals surface area (Å²) in [6.07, 6.45) is 7.96. The predicted octanol–water partition coefficient (Wildman–Crippen LogP) is 3.00. The molecule has 3 aliphatic rings. The van der Waals surface area contributed by atoms with Crippen LogP contribution in [0.2, 0.25) is 0 Å². The zero-order valence-electron chi connectivity index (χ0n) is 14.7. The normalized spacial score (nSPS) is 25.6. The molecule has 1 spiro atoms. The lowest BCUT2D eigenvalue weighted by molar-refractivity contribution is -0.140. The average Bonchev–Trinajstić information content (AvgIpc) is 3.07. The summed E-state index contributed by atoms with van der Waals surface area (Å²) in [5, 5.41) is 3.77. The average molecular weight is 331 g/mol. The van der Waals surface area contributed by atoms with Gasteiger partial charge in [0.05, 0.1) is 12.7 Å². The number of methoxy groups -OCH3 is 1. The number of ether oxygens (including phenoxy) is 3. The van der Waals surface area contributed by atoms with E-state index in [2.05, 4.69) is 17.4 Å². The molecule has 0 saturated carbocycles. The van der Waals surface area contributed by atoms with Gasteiger partial charge in [0.1, 0.15) is 5.75 Å². The van der Waals surface area contributed by atoms with Crippen molar-refractivity contribution in [2.24, 2.45) is 0 Å². The van der Waals surface area contributed by atoms with Crippen molar-refractivity contribution >= 4 is 0 Å². The summed E-state index contributed by atoms with van der Waals surface area (Å²) in [6, 6.07) is 5.14. The van der Waals surface area contributed by atoms with Gasteiger partial charge < -0.3 is 19.5 Å². The molecule has 1 aliphatic carbocycles. The van der Waals surface area contributed by atoms with Crippen LogP contribution < -0.4 is 10.1 Å². The molecule has 1 aromatic carbocycles. The Balaban J connectivity index is 1.41. The third kappa shape index (κ3) is 3.32. The van der Waals surface area contributed by atoms with Gasteiger partial charge in [-0.05, 0) is 62.1 Å². The summed E-state index contributed by atoms with van der Waals surface area (Å²) in [7, 11) is 1.78. The molecule has 0 unspecified atom stereocenters. The molecular formula is C20H29NO3. The molecule has 2 heterocycles. The van der Waals surface area contributed by atoms with Crippen molar-refractivity contribution in [3.8, 4) is 5.75 Å². The Morgan fingerprint density at radius 2 is 1.96 bits per heavy atom. The highest BCUT2D eigenvalue weighted by Gasteiger charge is 2.38. The Labute approximate surface area is 144 Å². The minimum atomic E-state index is 0.0518. The number of rotatable bonds is 4. The maximum absolute atomic E-state index is 6.15. The minimum Gasteiger partial charge on any atom is -0.496 e. The van der Waals surface area contributed by atoms with Crippen molar-refractivity contribution in [2.45, 2.75) is 63.1 Å². The molecule has 1 N–H and O–H groups in total. The molecule has 1 aromatic rings. The molecule has 132 valence electrons. The van der Waals surface area contributed by atoms with Crippen LogP contribution in [0.5, 0.6) is 5.75 Å². The third-order valence-corrected chi connectivity index (χ3v) is 5.97. The summed E-state index contributed by atoms with van der Waals surface area (Å²) in [5.74, 6) is 1.04. The van der Waals surface area contributed by atoms with E-state index in [1.165, 1.54) is 36.0 Å². The summed E-state index contributed by atoms with van der Waals surface area (Å²) < 4.78 is 17.3. The molecule has 24 heavy (non-hydrogen) atoms. The van der Waals surface area contributed by atoms with Crippen LogP contribution in [0.3, 0.4) is 0 Å². The maximum atomic E-state index is 6.15. The van der Waals surface area contributed by atoms with E-state index in [-0.39, 0.29) is 5.60 Å². The highest BCUT2D eigenvalue weighted by molar-refractivity contribution is 5.44. The van der Waals surface area contributed by atoms with Gasteiger partial charge >= 0.3 is 0 Å². The van der Waals surface area contributed by atoms with E-state index in [0.29, 0.717) is 6.04 Å². The first kappa shape index (κ1) is 16.4. The van der Waals surface area contributed by atoms with Gasteiger partial charge in [-0.25, -0.2) is 0 Å². The van der Waals surface area contributed by atoms with E-state index in [4.69, 9.17) is 14.2 Å². The fraction of sp³-hybridized carbons (Fsp3) is 0.700. The van der Waals surface area contributed by atoms with E-state index in [1.807, 2.05) is 0 Å². The molecule has 4 nitrogen and oxygen atoms in total. The molecule has 0 bridgehead atoms. The molecule has 2 fully saturated rings. The van der Waals surface area contributed by atoms with Gasteiger partial charge in [0.25, 0.3) is 0 Å². The van der Waals surface area contributed by atoms with E-state index in [1.54, 1.807) is 7.11 Å². The van der Waals surface area contributed by atoms with Crippen molar-refractivity contribution in [1.29, 1.82) is 0 Å². The van der Waals surface area contributed by atoms with Gasteiger partial charge in [0.2, 0.25) is 0 Å². The first-order valence-corrected chi connectivity index (χ1v) is 9.42. The lowest BCUT2D eigenvalue weighted by atomic mass is 9.84. The number of aryl methyl sites for hydroxylation is 2. The van der Waals surface area contributed by atoms with Gasteiger partial charge in [0.15, 0.2) is 0 Å². The second kappa shape index (κ2) is 7.03. The lowest BCUT2D eigenvalue weighted by Crippen LogP contribution is -2.49. The van der Waals surface area contributed by atoms with E-state index < -0.39 is 0 Å². The van der Waals surface area contributed by atoms with Crippen LogP contribution in [0, 0.1) is 0 Å². The molecule has 2 aliphatic heterocycles. The summed E-state index contributed by atoms with van der Waals surface area (Å²) in [4.78, 5) is 0. The van der Waals surface area contributed by atoms with Crippen LogP contribution in [-0.4, -0.2) is 38.6 Å². The molecule has 1 atom stereocenters. The van der Waals surface area contributed by atoms with Gasteiger partial charge in [-0.3, -0.25) is 0 Å². The Morgan fingerprint density at radius 3 is 2.75 bits per heavy atom. The highest BCUT2D eigenvalue weighted by atomic mass is 16.5. The monoisotopic (exact) mass is 331 g/mol. The van der Waals surface area contributed by atoms with Crippen LogP contribution in [-0.2, 0) is 28.9 Å². The quantitative estimate of drug-likeness (QED) is 0.921. The fourth-order valence-corrected chi connectivity index (χ4v) is 4.53. The van der Waals surface area contributed by atoms with Crippen molar-refractivity contribution in [1.82, 2.24) is 5.32 Å². The maximum Gasteiger partial charge on any atom is 0.123 e. The summed E-state index contributed by atoms with van der Waals surface area (Å²) in [6.45, 7) is 3.42. The minimum absolute atomic E-state index is 0.0518. The fourth-order valence-electron chi connectivity index (χ4n) is 4.53. The molecule has 0 radical (unpaired) electrons. The largest absolute Gasteiger partial charge is 0.496 e. The van der Waals surface area contributed by atoms with Crippen LogP contribution in [0.25, 0.3) is 0 Å². The summed E-state index contributed by atoms with van der Waals surface area (Å²) in [5.41, 5.74) is 4.34. The number of hydrogen-bond donors (Lipinski definition) is 1. The summed E-state index contributed by atoms with van der Waals surface area (Å²) >= 11 is 0. The second-order valence-corrected chi connectivity index (χ2v) is 7.50. The first-order chi connectivity index (χ1) is 11.8. The molecule has 0 aromatic heterocycles. The van der Waals surface area contributed by atoms with Crippen LogP contribution >= 0.6 is 0 Å². The Bertz CT molecular complexity index is 575. The van der Waals surface area contributed by atoms with Crippen molar-refractivity contribution in [3.63, 3.8) is 0 Å². The number of benzene rings is 1. The zero-order chi connectivity index (χ0) is 16.4. The smallest absolute Gasteiger partial charge is 0.123 e. The molecule has 4 rings (SSSR count). The number of fused-ring (bicyclic) bond motifs is 1.